The lowest BCUT2D eigenvalue weighted by molar-refractivity contribution is 0.414. The minimum atomic E-state index is 0.513. The third-order valence-electron chi connectivity index (χ3n) is 5.41. The number of rotatable bonds is 7. The van der Waals surface area contributed by atoms with Crippen LogP contribution in [0.25, 0.3) is 10.9 Å². The second-order valence-corrected chi connectivity index (χ2v) is 7.42. The predicted molar refractivity (Wildman–Crippen MR) is 115 cm³/mol. The smallest absolute Gasteiger partial charge is 0.225 e. The van der Waals surface area contributed by atoms with Crippen molar-refractivity contribution in [2.24, 2.45) is 0 Å². The van der Waals surface area contributed by atoms with Crippen molar-refractivity contribution in [2.45, 2.75) is 44.6 Å². The Morgan fingerprint density at radius 3 is 2.54 bits per heavy atom. The molecule has 0 unspecified atom stereocenters. The largest absolute Gasteiger partial charge is 0.497 e. The minimum absolute atomic E-state index is 0.513. The normalized spacial score (nSPS) is 14.8. The molecule has 4 rings (SSSR count). The van der Waals surface area contributed by atoms with Crippen LogP contribution in [0.2, 0.25) is 0 Å². The zero-order valence-corrected chi connectivity index (χ0v) is 16.4. The van der Waals surface area contributed by atoms with Crippen LogP contribution in [0.5, 0.6) is 5.75 Å². The maximum absolute atomic E-state index is 5.22. The summed E-state index contributed by atoms with van der Waals surface area (Å²) in [5, 5.41) is 8.17. The highest BCUT2D eigenvalue weighted by atomic mass is 16.5. The fourth-order valence-corrected chi connectivity index (χ4v) is 3.82. The van der Waals surface area contributed by atoms with E-state index in [0.29, 0.717) is 12.0 Å². The van der Waals surface area contributed by atoms with Gasteiger partial charge in [-0.15, -0.1) is 0 Å². The topological polar surface area (TPSA) is 59.1 Å². The van der Waals surface area contributed by atoms with Gasteiger partial charge >= 0.3 is 0 Å². The van der Waals surface area contributed by atoms with Gasteiger partial charge in [-0.2, -0.15) is 4.98 Å². The number of nitrogens with zero attached hydrogens (tertiary/aromatic N) is 2. The molecule has 28 heavy (non-hydrogen) atoms. The van der Waals surface area contributed by atoms with E-state index in [9.17, 15) is 0 Å². The molecule has 1 aromatic heterocycles. The molecular formula is C23H28N4O. The Hall–Kier alpha value is -2.82. The number of nitrogens with one attached hydrogen (secondary N) is 2. The molecule has 1 aliphatic carbocycles. The lowest BCUT2D eigenvalue weighted by Gasteiger charge is -2.24. The number of fused-ring (bicyclic) bond motifs is 1. The average molecular weight is 377 g/mol. The van der Waals surface area contributed by atoms with Gasteiger partial charge in [-0.1, -0.05) is 43.5 Å². The van der Waals surface area contributed by atoms with Crippen LogP contribution in [-0.4, -0.2) is 29.7 Å². The van der Waals surface area contributed by atoms with Gasteiger partial charge in [0.25, 0.3) is 0 Å². The molecule has 0 amide bonds. The van der Waals surface area contributed by atoms with Gasteiger partial charge in [-0.05, 0) is 49.1 Å². The first-order valence-corrected chi connectivity index (χ1v) is 10.2. The van der Waals surface area contributed by atoms with E-state index in [1.807, 2.05) is 18.2 Å². The van der Waals surface area contributed by atoms with Crippen molar-refractivity contribution in [2.75, 3.05) is 24.3 Å². The van der Waals surface area contributed by atoms with Crippen molar-refractivity contribution in [3.8, 4) is 5.75 Å². The maximum atomic E-state index is 5.22. The molecule has 0 saturated heterocycles. The number of ether oxygens (including phenoxy) is 1. The minimum Gasteiger partial charge on any atom is -0.497 e. The standard InChI is InChI=1S/C23H28N4O/c1-28-19-13-11-17(12-14-19)15-16-24-23-26-21-10-6-5-9-20(21)22(27-23)25-18-7-3-2-4-8-18/h5-6,9-14,18H,2-4,7-8,15-16H2,1H3,(H2,24,25,26,27). The molecule has 2 aromatic carbocycles. The summed E-state index contributed by atoms with van der Waals surface area (Å²) in [4.78, 5) is 9.51. The Balaban J connectivity index is 1.46. The van der Waals surface area contributed by atoms with Gasteiger partial charge < -0.3 is 15.4 Å². The number of para-hydroxylation sites is 1. The Morgan fingerprint density at radius 1 is 0.964 bits per heavy atom. The lowest BCUT2D eigenvalue weighted by atomic mass is 9.95. The van der Waals surface area contributed by atoms with Crippen LogP contribution in [0.1, 0.15) is 37.7 Å². The van der Waals surface area contributed by atoms with Crippen LogP contribution in [-0.2, 0) is 6.42 Å². The highest BCUT2D eigenvalue weighted by Gasteiger charge is 2.16. The number of hydrogen-bond donors (Lipinski definition) is 2. The maximum Gasteiger partial charge on any atom is 0.225 e. The zero-order chi connectivity index (χ0) is 19.2. The summed E-state index contributed by atoms with van der Waals surface area (Å²) in [6.45, 7) is 0.785. The Bertz CT molecular complexity index is 904. The van der Waals surface area contributed by atoms with Crippen molar-refractivity contribution in [3.63, 3.8) is 0 Å². The molecule has 1 fully saturated rings. The van der Waals surface area contributed by atoms with Crippen LogP contribution in [0.4, 0.5) is 11.8 Å². The van der Waals surface area contributed by atoms with Gasteiger partial charge in [0.1, 0.15) is 11.6 Å². The number of aromatic nitrogens is 2. The fourth-order valence-electron chi connectivity index (χ4n) is 3.82. The second-order valence-electron chi connectivity index (χ2n) is 7.42. The van der Waals surface area contributed by atoms with E-state index in [4.69, 9.17) is 14.7 Å². The van der Waals surface area contributed by atoms with Crippen LogP contribution in [0, 0.1) is 0 Å². The van der Waals surface area contributed by atoms with Crippen LogP contribution >= 0.6 is 0 Å². The lowest BCUT2D eigenvalue weighted by Crippen LogP contribution is -2.23. The first kappa shape index (κ1) is 18.5. The number of benzene rings is 2. The van der Waals surface area contributed by atoms with E-state index in [1.165, 1.54) is 37.7 Å². The molecule has 5 nitrogen and oxygen atoms in total. The second kappa shape index (κ2) is 8.91. The molecule has 0 spiro atoms. The molecule has 5 heteroatoms. The number of methoxy groups -OCH3 is 1. The van der Waals surface area contributed by atoms with Crippen molar-refractivity contribution >= 4 is 22.7 Å². The van der Waals surface area contributed by atoms with Gasteiger partial charge in [-0.25, -0.2) is 4.98 Å². The van der Waals surface area contributed by atoms with E-state index < -0.39 is 0 Å². The first-order chi connectivity index (χ1) is 13.8. The summed E-state index contributed by atoms with van der Waals surface area (Å²) in [5.41, 5.74) is 2.23. The van der Waals surface area contributed by atoms with Gasteiger partial charge in [-0.3, -0.25) is 0 Å². The van der Waals surface area contributed by atoms with E-state index in [0.717, 1.165) is 35.4 Å². The third kappa shape index (κ3) is 4.53. The Labute approximate surface area is 166 Å². The molecule has 2 N–H and O–H groups in total. The summed E-state index contributed by atoms with van der Waals surface area (Å²) in [6, 6.07) is 16.9. The Morgan fingerprint density at radius 2 is 1.75 bits per heavy atom. The zero-order valence-electron chi connectivity index (χ0n) is 16.4. The molecule has 3 aromatic rings. The third-order valence-corrected chi connectivity index (χ3v) is 5.41. The molecule has 0 radical (unpaired) electrons. The quantitative estimate of drug-likeness (QED) is 0.605. The molecule has 1 saturated carbocycles. The molecule has 1 heterocycles. The molecule has 1 aliphatic rings. The van der Waals surface area contributed by atoms with Gasteiger partial charge in [0, 0.05) is 18.0 Å². The molecule has 146 valence electrons. The summed E-state index contributed by atoms with van der Waals surface area (Å²) in [6.07, 6.45) is 7.30. The summed E-state index contributed by atoms with van der Waals surface area (Å²) in [5.74, 6) is 2.52. The SMILES string of the molecule is COc1ccc(CCNc2nc(NC3CCCCC3)c3ccccc3n2)cc1. The van der Waals surface area contributed by atoms with Gasteiger partial charge in [0.2, 0.25) is 5.95 Å². The molecule has 0 bridgehead atoms. The van der Waals surface area contributed by atoms with E-state index in [1.54, 1.807) is 7.11 Å². The first-order valence-electron chi connectivity index (χ1n) is 10.2. The van der Waals surface area contributed by atoms with Crippen molar-refractivity contribution in [3.05, 3.63) is 54.1 Å². The number of anilines is 2. The van der Waals surface area contributed by atoms with Crippen molar-refractivity contribution in [1.29, 1.82) is 0 Å². The van der Waals surface area contributed by atoms with Gasteiger partial charge in [0.05, 0.1) is 12.6 Å². The average Bonchev–Trinajstić information content (AvgIpc) is 2.75. The molecule has 0 atom stereocenters. The van der Waals surface area contributed by atoms with E-state index in [-0.39, 0.29) is 0 Å². The predicted octanol–water partition coefficient (Wildman–Crippen LogP) is 5.04. The van der Waals surface area contributed by atoms with Crippen molar-refractivity contribution in [1.82, 2.24) is 9.97 Å². The monoisotopic (exact) mass is 376 g/mol. The molecule has 0 aliphatic heterocycles. The van der Waals surface area contributed by atoms with E-state index >= 15 is 0 Å². The Kier molecular flexibility index (Phi) is 5.90. The number of hydrogen-bond acceptors (Lipinski definition) is 5. The molecular weight excluding hydrogens is 348 g/mol. The van der Waals surface area contributed by atoms with Crippen LogP contribution in [0.15, 0.2) is 48.5 Å². The van der Waals surface area contributed by atoms with Crippen molar-refractivity contribution < 1.29 is 4.74 Å². The summed E-state index contributed by atoms with van der Waals surface area (Å²) < 4.78 is 5.22. The van der Waals surface area contributed by atoms with Gasteiger partial charge in [0.15, 0.2) is 0 Å². The van der Waals surface area contributed by atoms with E-state index in [2.05, 4.69) is 41.0 Å². The highest BCUT2D eigenvalue weighted by molar-refractivity contribution is 5.90. The fraction of sp³-hybridized carbons (Fsp3) is 0.391. The summed E-state index contributed by atoms with van der Waals surface area (Å²) >= 11 is 0. The summed E-state index contributed by atoms with van der Waals surface area (Å²) in [7, 11) is 1.69. The van der Waals surface area contributed by atoms with Crippen LogP contribution in [0.3, 0.4) is 0 Å². The highest BCUT2D eigenvalue weighted by Crippen LogP contribution is 2.26. The van der Waals surface area contributed by atoms with Crippen LogP contribution < -0.4 is 15.4 Å².